The number of anilines is 1. The van der Waals surface area contributed by atoms with E-state index in [0.29, 0.717) is 42.4 Å². The number of carbonyl (C=O) groups is 2. The number of nitrogens with zero attached hydrogens (tertiary/aromatic N) is 4. The molecule has 0 bridgehead atoms. The van der Waals surface area contributed by atoms with Gasteiger partial charge in [0.25, 0.3) is 0 Å². The minimum atomic E-state index is -1.03. The Balaban J connectivity index is 2.18. The van der Waals surface area contributed by atoms with Crippen LogP contribution >= 0.6 is 0 Å². The molecule has 1 atom stereocenters. The van der Waals surface area contributed by atoms with Gasteiger partial charge in [0.2, 0.25) is 0 Å². The highest BCUT2D eigenvalue weighted by Gasteiger charge is 2.38. The fraction of sp³-hybridized carbons (Fsp3) is 0.630. The second kappa shape index (κ2) is 11.6. The second-order valence-corrected chi connectivity index (χ2v) is 10.4. The number of ether oxygens (including phenoxy) is 4. The fourth-order valence-corrected chi connectivity index (χ4v) is 4.42. The van der Waals surface area contributed by atoms with Gasteiger partial charge in [-0.05, 0) is 61.3 Å². The van der Waals surface area contributed by atoms with Crippen molar-refractivity contribution in [2.75, 3.05) is 37.8 Å². The standard InChI is InChI=1S/C27H40N4O6/c1-9-16-36-27(8)12-14-30(15-13-27)23-21(22(25(33)35-11-3)37-26(5,6)7)18(4)28-20-17-19(29-31(20)23)24(32)34-10-2/h9,17,22H,1,10-16H2,2-8H3/t22-/m0/s1. The van der Waals surface area contributed by atoms with Crippen LogP contribution in [0.1, 0.15) is 82.2 Å². The van der Waals surface area contributed by atoms with Crippen molar-refractivity contribution in [1.29, 1.82) is 0 Å². The molecule has 1 fully saturated rings. The van der Waals surface area contributed by atoms with E-state index in [9.17, 15) is 9.59 Å². The fourth-order valence-electron chi connectivity index (χ4n) is 4.42. The monoisotopic (exact) mass is 516 g/mol. The van der Waals surface area contributed by atoms with E-state index in [1.54, 1.807) is 30.5 Å². The summed E-state index contributed by atoms with van der Waals surface area (Å²) in [6, 6.07) is 1.60. The maximum atomic E-state index is 13.2. The van der Waals surface area contributed by atoms with E-state index in [1.165, 1.54) is 0 Å². The molecule has 1 saturated heterocycles. The molecule has 204 valence electrons. The molecule has 0 radical (unpaired) electrons. The molecule has 0 unspecified atom stereocenters. The van der Waals surface area contributed by atoms with Crippen LogP contribution in [0.4, 0.5) is 5.82 Å². The molecule has 0 aromatic carbocycles. The third kappa shape index (κ3) is 6.67. The van der Waals surface area contributed by atoms with Gasteiger partial charge in [0.05, 0.1) is 36.6 Å². The smallest absolute Gasteiger partial charge is 0.358 e. The van der Waals surface area contributed by atoms with Gasteiger partial charge in [-0.25, -0.2) is 14.6 Å². The summed E-state index contributed by atoms with van der Waals surface area (Å²) in [6.07, 6.45) is 2.21. The predicted octanol–water partition coefficient (Wildman–Crippen LogP) is 4.20. The Morgan fingerprint density at radius 1 is 1.19 bits per heavy atom. The minimum Gasteiger partial charge on any atom is -0.464 e. The van der Waals surface area contributed by atoms with Crippen LogP contribution in [0.3, 0.4) is 0 Å². The number of piperidine rings is 1. The largest absolute Gasteiger partial charge is 0.464 e. The zero-order valence-electron chi connectivity index (χ0n) is 23.1. The summed E-state index contributed by atoms with van der Waals surface area (Å²) in [5.74, 6) is -0.391. The Morgan fingerprint density at radius 3 is 2.41 bits per heavy atom. The molecule has 3 heterocycles. The topological polar surface area (TPSA) is 104 Å². The third-order valence-electron chi connectivity index (χ3n) is 6.19. The summed E-state index contributed by atoms with van der Waals surface area (Å²) < 4.78 is 24.5. The van der Waals surface area contributed by atoms with Crippen molar-refractivity contribution in [3.05, 3.63) is 35.7 Å². The van der Waals surface area contributed by atoms with Crippen molar-refractivity contribution >= 4 is 23.4 Å². The Bertz CT molecular complexity index is 1130. The highest BCUT2D eigenvalue weighted by Crippen LogP contribution is 2.38. The van der Waals surface area contributed by atoms with Crippen LogP contribution in [-0.4, -0.2) is 70.6 Å². The number of hydrogen-bond donors (Lipinski definition) is 0. The van der Waals surface area contributed by atoms with Crippen LogP contribution in [0.15, 0.2) is 18.7 Å². The molecule has 0 saturated carbocycles. The van der Waals surface area contributed by atoms with E-state index in [0.717, 1.165) is 12.8 Å². The van der Waals surface area contributed by atoms with Crippen LogP contribution in [0.5, 0.6) is 0 Å². The van der Waals surface area contributed by atoms with Crippen molar-refractivity contribution in [1.82, 2.24) is 14.6 Å². The normalized spacial score (nSPS) is 16.5. The Morgan fingerprint density at radius 2 is 1.84 bits per heavy atom. The van der Waals surface area contributed by atoms with Gasteiger partial charge >= 0.3 is 11.9 Å². The summed E-state index contributed by atoms with van der Waals surface area (Å²) in [5, 5.41) is 4.56. The van der Waals surface area contributed by atoms with Crippen molar-refractivity contribution in [3.8, 4) is 0 Å². The van der Waals surface area contributed by atoms with E-state index in [2.05, 4.69) is 23.5 Å². The van der Waals surface area contributed by atoms with Gasteiger partial charge < -0.3 is 23.8 Å². The number of aromatic nitrogens is 3. The molecule has 0 amide bonds. The maximum absolute atomic E-state index is 13.2. The van der Waals surface area contributed by atoms with E-state index in [-0.39, 0.29) is 24.5 Å². The first-order chi connectivity index (χ1) is 17.4. The molecule has 0 N–H and O–H groups in total. The molecule has 1 aliphatic heterocycles. The van der Waals surface area contributed by atoms with Gasteiger partial charge in [-0.1, -0.05) is 6.08 Å². The molecule has 0 spiro atoms. The molecule has 1 aliphatic rings. The van der Waals surface area contributed by atoms with E-state index >= 15 is 0 Å². The summed E-state index contributed by atoms with van der Waals surface area (Å²) in [5.41, 5.74) is 0.845. The Kier molecular flexibility index (Phi) is 8.96. The first-order valence-electron chi connectivity index (χ1n) is 12.8. The average Bonchev–Trinajstić information content (AvgIpc) is 3.25. The summed E-state index contributed by atoms with van der Waals surface area (Å²) in [7, 11) is 0. The van der Waals surface area contributed by atoms with Gasteiger partial charge in [-0.15, -0.1) is 6.58 Å². The van der Waals surface area contributed by atoms with Crippen molar-refractivity contribution < 1.29 is 28.5 Å². The van der Waals surface area contributed by atoms with Crippen LogP contribution < -0.4 is 4.90 Å². The van der Waals surface area contributed by atoms with Gasteiger partial charge in [-0.3, -0.25) is 0 Å². The van der Waals surface area contributed by atoms with Crippen LogP contribution in [0.25, 0.3) is 5.65 Å². The molecule has 37 heavy (non-hydrogen) atoms. The minimum absolute atomic E-state index is 0.146. The highest BCUT2D eigenvalue weighted by molar-refractivity contribution is 5.89. The highest BCUT2D eigenvalue weighted by atomic mass is 16.6. The Labute approximate surface area is 218 Å². The van der Waals surface area contributed by atoms with Crippen molar-refractivity contribution in [2.45, 2.75) is 78.6 Å². The average molecular weight is 517 g/mol. The number of fused-ring (bicyclic) bond motifs is 1. The van der Waals surface area contributed by atoms with Crippen molar-refractivity contribution in [2.24, 2.45) is 0 Å². The lowest BCUT2D eigenvalue weighted by Crippen LogP contribution is -2.45. The number of hydrogen-bond acceptors (Lipinski definition) is 9. The van der Waals surface area contributed by atoms with Gasteiger partial charge in [0.15, 0.2) is 17.4 Å². The molecule has 2 aromatic heterocycles. The molecule has 10 nitrogen and oxygen atoms in total. The quantitative estimate of drug-likeness (QED) is 0.339. The molecular formula is C27H40N4O6. The second-order valence-electron chi connectivity index (χ2n) is 10.4. The van der Waals surface area contributed by atoms with Crippen LogP contribution in [-0.2, 0) is 23.7 Å². The number of aryl methyl sites for hydroxylation is 1. The lowest BCUT2D eigenvalue weighted by atomic mass is 9.92. The van der Waals surface area contributed by atoms with E-state index in [1.807, 2.05) is 27.7 Å². The maximum Gasteiger partial charge on any atom is 0.358 e. The lowest BCUT2D eigenvalue weighted by molar-refractivity contribution is -0.166. The number of rotatable bonds is 10. The van der Waals surface area contributed by atoms with E-state index < -0.39 is 23.6 Å². The third-order valence-corrected chi connectivity index (χ3v) is 6.19. The number of esters is 2. The molecule has 3 rings (SSSR count). The van der Waals surface area contributed by atoms with Crippen LogP contribution in [0, 0.1) is 6.92 Å². The summed E-state index contributed by atoms with van der Waals surface area (Å²) in [4.78, 5) is 32.6. The molecular weight excluding hydrogens is 476 g/mol. The van der Waals surface area contributed by atoms with Gasteiger partial charge in [-0.2, -0.15) is 9.61 Å². The predicted molar refractivity (Wildman–Crippen MR) is 140 cm³/mol. The molecule has 0 aliphatic carbocycles. The van der Waals surface area contributed by atoms with E-state index in [4.69, 9.17) is 23.9 Å². The summed E-state index contributed by atoms with van der Waals surface area (Å²) >= 11 is 0. The zero-order valence-corrected chi connectivity index (χ0v) is 23.1. The first kappa shape index (κ1) is 28.6. The van der Waals surface area contributed by atoms with Gasteiger partial charge in [0, 0.05) is 24.8 Å². The number of carbonyl (C=O) groups excluding carboxylic acids is 2. The summed E-state index contributed by atoms with van der Waals surface area (Å²) in [6.45, 7) is 19.0. The zero-order chi connectivity index (χ0) is 27.4. The Hall–Kier alpha value is -2.98. The van der Waals surface area contributed by atoms with Crippen molar-refractivity contribution in [3.63, 3.8) is 0 Å². The molecule has 2 aromatic rings. The molecule has 10 heteroatoms. The SMILES string of the molecule is C=CCOC1(C)CCN(c2c([C@H](OC(C)(C)C)C(=O)OCC)c(C)nc3cc(C(=O)OCC)nn23)CC1. The lowest BCUT2D eigenvalue weighted by Gasteiger charge is -2.41. The van der Waals surface area contributed by atoms with Gasteiger partial charge in [0.1, 0.15) is 5.82 Å². The first-order valence-corrected chi connectivity index (χ1v) is 12.8. The van der Waals surface area contributed by atoms with Crippen LogP contribution in [0.2, 0.25) is 0 Å².